The van der Waals surface area contributed by atoms with E-state index in [0.717, 1.165) is 21.2 Å². The van der Waals surface area contributed by atoms with Crippen LogP contribution in [0.15, 0.2) is 121 Å². The molecule has 0 aliphatic carbocycles. The monoisotopic (exact) mass is 586 g/mol. The second kappa shape index (κ2) is 10.1. The summed E-state index contributed by atoms with van der Waals surface area (Å²) in [7, 11) is -6.42. The number of rotatable bonds is 7. The first-order valence-corrected chi connectivity index (χ1v) is 15.6. The predicted molar refractivity (Wildman–Crippen MR) is 145 cm³/mol. The molecule has 6 heteroatoms. The van der Waals surface area contributed by atoms with Crippen LogP contribution in [-0.4, -0.2) is 9.14 Å². The standard InChI is InChI=1S/C26H22Br2O2P2/c27-25(31(29,21-13-5-1-6-14-21)22-15-7-2-8-16-22)26(28)32(30,23-17-9-3-10-18-23)24-19-11-4-12-20-24/h1-20,25-26H. The molecule has 0 saturated carbocycles. The molecule has 32 heavy (non-hydrogen) atoms. The minimum atomic E-state index is -3.21. The van der Waals surface area contributed by atoms with Crippen LogP contribution in [0.25, 0.3) is 0 Å². The van der Waals surface area contributed by atoms with Gasteiger partial charge in [0, 0.05) is 21.2 Å². The van der Waals surface area contributed by atoms with Gasteiger partial charge >= 0.3 is 0 Å². The Kier molecular flexibility index (Phi) is 7.37. The molecule has 0 aliphatic heterocycles. The van der Waals surface area contributed by atoms with Gasteiger partial charge in [0.05, 0.1) is 9.14 Å². The van der Waals surface area contributed by atoms with Crippen LogP contribution in [0, 0.1) is 0 Å². The van der Waals surface area contributed by atoms with Crippen LogP contribution in [0.4, 0.5) is 0 Å². The average Bonchev–Trinajstić information content (AvgIpc) is 2.89. The molecule has 0 amide bonds. The van der Waals surface area contributed by atoms with Gasteiger partial charge in [-0.25, -0.2) is 0 Å². The highest BCUT2D eigenvalue weighted by Gasteiger charge is 2.47. The summed E-state index contributed by atoms with van der Waals surface area (Å²) in [6, 6.07) is 37.9. The Hall–Kier alpha value is -1.70. The maximum atomic E-state index is 14.9. The van der Waals surface area contributed by atoms with E-state index in [1.807, 2.05) is 121 Å². The Labute approximate surface area is 206 Å². The van der Waals surface area contributed by atoms with Gasteiger partial charge in [-0.3, -0.25) is 0 Å². The lowest BCUT2D eigenvalue weighted by molar-refractivity contribution is 0.579. The predicted octanol–water partition coefficient (Wildman–Crippen LogP) is 6.46. The maximum Gasteiger partial charge on any atom is 0.157 e. The molecule has 2 atom stereocenters. The van der Waals surface area contributed by atoms with Gasteiger partial charge in [-0.15, -0.1) is 0 Å². The first kappa shape index (κ1) is 23.5. The molecule has 0 bridgehead atoms. The van der Waals surface area contributed by atoms with Crippen molar-refractivity contribution in [3.8, 4) is 0 Å². The zero-order valence-corrected chi connectivity index (χ0v) is 22.1. The Morgan fingerprint density at radius 1 is 0.406 bits per heavy atom. The maximum absolute atomic E-state index is 14.9. The second-order valence-electron chi connectivity index (χ2n) is 7.40. The van der Waals surface area contributed by atoms with Crippen molar-refractivity contribution in [3.05, 3.63) is 121 Å². The second-order valence-corrected chi connectivity index (χ2v) is 16.6. The first-order valence-electron chi connectivity index (χ1n) is 10.2. The largest absolute Gasteiger partial charge is 0.312 e. The molecular weight excluding hydrogens is 566 g/mol. The summed E-state index contributed by atoms with van der Waals surface area (Å²) in [5.41, 5.74) is 0. The third-order valence-corrected chi connectivity index (χ3v) is 18.0. The van der Waals surface area contributed by atoms with E-state index in [1.165, 1.54) is 0 Å². The van der Waals surface area contributed by atoms with Crippen LogP contribution in [0.2, 0.25) is 0 Å². The molecule has 4 aromatic rings. The molecule has 0 spiro atoms. The molecule has 4 rings (SSSR count). The Balaban J connectivity index is 1.91. The number of alkyl halides is 2. The summed E-state index contributed by atoms with van der Waals surface area (Å²) in [6.45, 7) is 0. The van der Waals surface area contributed by atoms with E-state index < -0.39 is 23.4 Å². The van der Waals surface area contributed by atoms with Gasteiger partial charge in [0.15, 0.2) is 14.3 Å². The van der Waals surface area contributed by atoms with Gasteiger partial charge in [0.25, 0.3) is 0 Å². The lowest BCUT2D eigenvalue weighted by Crippen LogP contribution is -2.33. The summed E-state index contributed by atoms with van der Waals surface area (Å²) in [6.07, 6.45) is 0. The molecule has 0 aromatic heterocycles. The number of halogens is 2. The lowest BCUT2D eigenvalue weighted by atomic mass is 10.4. The molecule has 0 aliphatic rings. The quantitative estimate of drug-likeness (QED) is 0.184. The summed E-state index contributed by atoms with van der Waals surface area (Å²) in [4.78, 5) is 0. The third kappa shape index (κ3) is 4.27. The van der Waals surface area contributed by atoms with E-state index in [-0.39, 0.29) is 0 Å². The summed E-state index contributed by atoms with van der Waals surface area (Å²) in [5, 5.41) is 2.91. The smallest absolute Gasteiger partial charge is 0.157 e. The summed E-state index contributed by atoms with van der Waals surface area (Å²) >= 11 is 7.58. The van der Waals surface area contributed by atoms with Gasteiger partial charge in [-0.2, -0.15) is 0 Å². The van der Waals surface area contributed by atoms with Gasteiger partial charge in [0.2, 0.25) is 0 Å². The Morgan fingerprint density at radius 3 is 0.781 bits per heavy atom. The number of hydrogen-bond donors (Lipinski definition) is 0. The van der Waals surface area contributed by atoms with Crippen molar-refractivity contribution < 1.29 is 9.13 Å². The minimum absolute atomic E-state index is 0.606. The van der Waals surface area contributed by atoms with Crippen molar-refractivity contribution in [2.75, 3.05) is 0 Å². The molecule has 0 saturated heterocycles. The number of hydrogen-bond acceptors (Lipinski definition) is 2. The first-order chi connectivity index (χ1) is 15.5. The Morgan fingerprint density at radius 2 is 0.594 bits per heavy atom. The van der Waals surface area contributed by atoms with Gasteiger partial charge in [0.1, 0.15) is 0 Å². The summed E-state index contributed by atoms with van der Waals surface area (Å²) < 4.78 is 28.5. The fourth-order valence-electron chi connectivity index (χ4n) is 3.81. The van der Waals surface area contributed by atoms with Crippen LogP contribution >= 0.6 is 46.1 Å². The zero-order chi connectivity index (χ0) is 22.6. The fourth-order valence-corrected chi connectivity index (χ4v) is 14.7. The molecule has 2 unspecified atom stereocenters. The summed E-state index contributed by atoms with van der Waals surface area (Å²) in [5.74, 6) is 0. The van der Waals surface area contributed by atoms with Gasteiger partial charge in [-0.05, 0) is 0 Å². The van der Waals surface area contributed by atoms with E-state index in [1.54, 1.807) is 0 Å². The molecule has 0 heterocycles. The van der Waals surface area contributed by atoms with Gasteiger partial charge < -0.3 is 9.13 Å². The van der Waals surface area contributed by atoms with E-state index in [4.69, 9.17) is 0 Å². The number of benzene rings is 4. The highest BCUT2D eigenvalue weighted by Crippen LogP contribution is 2.63. The molecule has 0 fully saturated rings. The molecule has 2 nitrogen and oxygen atoms in total. The topological polar surface area (TPSA) is 34.1 Å². The highest BCUT2D eigenvalue weighted by molar-refractivity contribution is 9.14. The SMILES string of the molecule is O=P(c1ccccc1)(c1ccccc1)C(Br)C(Br)P(=O)(c1ccccc1)c1ccccc1. The Bertz CT molecular complexity index is 1060. The molecule has 0 N–H and O–H groups in total. The van der Waals surface area contributed by atoms with Crippen molar-refractivity contribution in [1.82, 2.24) is 0 Å². The van der Waals surface area contributed by atoms with Crippen LogP contribution in [-0.2, 0) is 9.13 Å². The van der Waals surface area contributed by atoms with Gasteiger partial charge in [-0.1, -0.05) is 153 Å². The van der Waals surface area contributed by atoms with Crippen molar-refractivity contribution in [1.29, 1.82) is 0 Å². The van der Waals surface area contributed by atoms with E-state index in [2.05, 4.69) is 31.9 Å². The van der Waals surface area contributed by atoms with E-state index in [9.17, 15) is 9.13 Å². The molecule has 4 aromatic carbocycles. The van der Waals surface area contributed by atoms with Crippen LogP contribution in [0.3, 0.4) is 0 Å². The molecule has 0 radical (unpaired) electrons. The van der Waals surface area contributed by atoms with Crippen molar-refractivity contribution in [3.63, 3.8) is 0 Å². The van der Waals surface area contributed by atoms with Crippen LogP contribution < -0.4 is 21.2 Å². The normalized spacial score (nSPS) is 13.9. The average molecular weight is 588 g/mol. The lowest BCUT2D eigenvalue weighted by Gasteiger charge is -2.33. The van der Waals surface area contributed by atoms with Crippen LogP contribution in [0.5, 0.6) is 0 Å². The third-order valence-electron chi connectivity index (χ3n) is 5.48. The van der Waals surface area contributed by atoms with Crippen molar-refractivity contribution in [2.45, 2.75) is 9.14 Å². The van der Waals surface area contributed by atoms with Crippen molar-refractivity contribution in [2.24, 2.45) is 0 Å². The highest BCUT2D eigenvalue weighted by atomic mass is 79.9. The van der Waals surface area contributed by atoms with Crippen LogP contribution in [0.1, 0.15) is 0 Å². The van der Waals surface area contributed by atoms with Crippen molar-refractivity contribution >= 4 is 67.4 Å². The minimum Gasteiger partial charge on any atom is -0.312 e. The van der Waals surface area contributed by atoms with E-state index >= 15 is 0 Å². The zero-order valence-electron chi connectivity index (χ0n) is 17.2. The molecule has 162 valence electrons. The van der Waals surface area contributed by atoms with E-state index in [0.29, 0.717) is 0 Å². The fraction of sp³-hybridized carbons (Fsp3) is 0.0769. The molecular formula is C26H22Br2O2P2.